The first-order chi connectivity index (χ1) is 14.6. The number of nitrogens with zero attached hydrogens (tertiary/aromatic N) is 4. The van der Waals surface area contributed by atoms with Gasteiger partial charge in [0.15, 0.2) is 5.65 Å². The lowest BCUT2D eigenvalue weighted by Gasteiger charge is -2.15. The summed E-state index contributed by atoms with van der Waals surface area (Å²) in [5, 5.41) is 5.18. The Kier molecular flexibility index (Phi) is 6.60. The number of hydrogen-bond acceptors (Lipinski definition) is 8. The topological polar surface area (TPSA) is 142 Å². The maximum atomic E-state index is 12.8. The lowest BCUT2D eigenvalue weighted by molar-refractivity contribution is -0.113. The first-order valence-corrected chi connectivity index (χ1v) is 11.2. The predicted molar refractivity (Wildman–Crippen MR) is 121 cm³/mol. The number of thioether (sulfide) groups is 1. The Balaban J connectivity index is 1.97. The van der Waals surface area contributed by atoms with Crippen molar-refractivity contribution < 1.29 is 9.59 Å². The quantitative estimate of drug-likeness (QED) is 0.398. The second-order valence-corrected chi connectivity index (χ2v) is 9.17. The summed E-state index contributed by atoms with van der Waals surface area (Å²) >= 11 is 2.25. The van der Waals surface area contributed by atoms with E-state index in [0.717, 1.165) is 16.3 Å². The molecule has 0 bridgehead atoms. The van der Waals surface area contributed by atoms with Crippen molar-refractivity contribution in [2.75, 3.05) is 11.1 Å². The summed E-state index contributed by atoms with van der Waals surface area (Å²) in [5.41, 5.74) is 4.82. The number of fused-ring (bicyclic) bond motifs is 1. The van der Waals surface area contributed by atoms with Crippen molar-refractivity contribution in [1.29, 1.82) is 0 Å². The Labute approximate surface area is 185 Å². The summed E-state index contributed by atoms with van der Waals surface area (Å²) in [4.78, 5) is 58.0. The third-order valence-electron chi connectivity index (χ3n) is 4.33. The van der Waals surface area contributed by atoms with Crippen molar-refractivity contribution in [2.45, 2.75) is 32.3 Å². The van der Waals surface area contributed by atoms with E-state index in [-0.39, 0.29) is 34.2 Å². The number of aromatic nitrogens is 4. The minimum atomic E-state index is -0.631. The standard InChI is InChI=1S/C19H22N6O4S2/c1-9(2)7-25-15-13(18(28)24(4)19(25)29)17(22-10(3)21-15)31-8-12(26)23-16-11(14(20)27)5-6-30-16/h5-6,9H,7-8H2,1-4H3,(H2,20,27)(H,23,26). The highest BCUT2D eigenvalue weighted by atomic mass is 32.2. The Morgan fingerprint density at radius 3 is 2.65 bits per heavy atom. The highest BCUT2D eigenvalue weighted by Gasteiger charge is 2.20. The number of primary amides is 1. The molecular formula is C19H22N6O4S2. The molecule has 0 aliphatic carbocycles. The van der Waals surface area contributed by atoms with Crippen LogP contribution in [0.5, 0.6) is 0 Å². The minimum Gasteiger partial charge on any atom is -0.366 e. The average molecular weight is 463 g/mol. The maximum absolute atomic E-state index is 12.8. The van der Waals surface area contributed by atoms with Gasteiger partial charge in [-0.3, -0.25) is 23.5 Å². The monoisotopic (exact) mass is 462 g/mol. The number of nitrogens with two attached hydrogens (primary N) is 1. The number of thiophene rings is 1. The molecule has 3 aromatic rings. The molecule has 0 fully saturated rings. The Morgan fingerprint density at radius 2 is 2.00 bits per heavy atom. The van der Waals surface area contributed by atoms with Gasteiger partial charge in [0.1, 0.15) is 21.2 Å². The van der Waals surface area contributed by atoms with E-state index in [1.165, 1.54) is 29.0 Å². The maximum Gasteiger partial charge on any atom is 0.332 e. The summed E-state index contributed by atoms with van der Waals surface area (Å²) in [6.07, 6.45) is 0. The molecule has 10 nitrogen and oxygen atoms in total. The van der Waals surface area contributed by atoms with E-state index >= 15 is 0 Å². The van der Waals surface area contributed by atoms with Crippen LogP contribution in [0, 0.1) is 12.8 Å². The van der Waals surface area contributed by atoms with Gasteiger partial charge in [-0.15, -0.1) is 11.3 Å². The van der Waals surface area contributed by atoms with E-state index in [2.05, 4.69) is 15.3 Å². The van der Waals surface area contributed by atoms with Gasteiger partial charge in [0.2, 0.25) is 5.91 Å². The highest BCUT2D eigenvalue weighted by Crippen LogP contribution is 2.25. The van der Waals surface area contributed by atoms with E-state index in [0.29, 0.717) is 22.4 Å². The normalized spacial score (nSPS) is 11.3. The second-order valence-electron chi connectivity index (χ2n) is 7.29. The van der Waals surface area contributed by atoms with Gasteiger partial charge in [0.25, 0.3) is 11.5 Å². The molecule has 0 saturated heterocycles. The van der Waals surface area contributed by atoms with Gasteiger partial charge in [0, 0.05) is 13.6 Å². The summed E-state index contributed by atoms with van der Waals surface area (Å²) < 4.78 is 2.49. The number of anilines is 1. The lowest BCUT2D eigenvalue weighted by Crippen LogP contribution is -2.39. The molecule has 0 spiro atoms. The fourth-order valence-corrected chi connectivity index (χ4v) is 4.64. The number of rotatable bonds is 7. The van der Waals surface area contributed by atoms with Crippen LogP contribution in [0.2, 0.25) is 0 Å². The van der Waals surface area contributed by atoms with Crippen molar-refractivity contribution >= 4 is 50.9 Å². The zero-order valence-electron chi connectivity index (χ0n) is 17.5. The molecule has 3 aromatic heterocycles. The molecule has 31 heavy (non-hydrogen) atoms. The van der Waals surface area contributed by atoms with Gasteiger partial charge in [0.05, 0.1) is 11.3 Å². The lowest BCUT2D eigenvalue weighted by atomic mass is 10.2. The minimum absolute atomic E-state index is 0.0614. The van der Waals surface area contributed by atoms with Gasteiger partial charge in [-0.1, -0.05) is 25.6 Å². The molecule has 0 radical (unpaired) electrons. The fraction of sp³-hybridized carbons (Fsp3) is 0.368. The number of carbonyl (C=O) groups excluding carboxylic acids is 2. The molecule has 3 rings (SSSR count). The Hall–Kier alpha value is -2.99. The molecule has 3 heterocycles. The van der Waals surface area contributed by atoms with Crippen molar-refractivity contribution in [3.63, 3.8) is 0 Å². The van der Waals surface area contributed by atoms with Crippen LogP contribution in [0.1, 0.15) is 30.0 Å². The number of nitrogens with one attached hydrogen (secondary N) is 1. The smallest absolute Gasteiger partial charge is 0.332 e. The molecule has 164 valence electrons. The van der Waals surface area contributed by atoms with Crippen LogP contribution < -0.4 is 22.3 Å². The van der Waals surface area contributed by atoms with Crippen LogP contribution in [0.3, 0.4) is 0 Å². The molecule has 2 amide bonds. The Morgan fingerprint density at radius 1 is 1.29 bits per heavy atom. The molecule has 12 heteroatoms. The van der Waals surface area contributed by atoms with Crippen LogP contribution >= 0.6 is 23.1 Å². The van der Waals surface area contributed by atoms with Crippen molar-refractivity contribution in [3.8, 4) is 0 Å². The first-order valence-electron chi connectivity index (χ1n) is 9.38. The van der Waals surface area contributed by atoms with Crippen LogP contribution in [-0.4, -0.2) is 36.7 Å². The number of amides is 2. The summed E-state index contributed by atoms with van der Waals surface area (Å²) in [6.45, 7) is 5.97. The zero-order valence-corrected chi connectivity index (χ0v) is 19.1. The molecule has 0 aliphatic rings. The molecule has 0 unspecified atom stereocenters. The van der Waals surface area contributed by atoms with E-state index in [4.69, 9.17) is 5.73 Å². The molecule has 0 aliphatic heterocycles. The molecule has 0 saturated carbocycles. The van der Waals surface area contributed by atoms with Crippen LogP contribution in [0.15, 0.2) is 26.1 Å². The van der Waals surface area contributed by atoms with Gasteiger partial charge in [-0.05, 0) is 24.3 Å². The van der Waals surface area contributed by atoms with E-state index in [9.17, 15) is 19.2 Å². The van der Waals surface area contributed by atoms with E-state index < -0.39 is 17.2 Å². The van der Waals surface area contributed by atoms with Crippen molar-refractivity contribution in [1.82, 2.24) is 19.1 Å². The van der Waals surface area contributed by atoms with Gasteiger partial charge < -0.3 is 11.1 Å². The summed E-state index contributed by atoms with van der Waals surface area (Å²) in [7, 11) is 1.41. The average Bonchev–Trinajstić information content (AvgIpc) is 3.15. The molecule has 0 atom stereocenters. The summed E-state index contributed by atoms with van der Waals surface area (Å²) in [5.74, 6) is -0.538. The Bertz CT molecular complexity index is 1290. The van der Waals surface area contributed by atoms with Gasteiger partial charge in [-0.2, -0.15) is 0 Å². The van der Waals surface area contributed by atoms with E-state index in [1.807, 2.05) is 13.8 Å². The largest absolute Gasteiger partial charge is 0.366 e. The molecular weight excluding hydrogens is 440 g/mol. The highest BCUT2D eigenvalue weighted by molar-refractivity contribution is 8.00. The number of aryl methyl sites for hydroxylation is 1. The number of carbonyl (C=O) groups is 2. The van der Waals surface area contributed by atoms with Gasteiger partial charge >= 0.3 is 5.69 Å². The van der Waals surface area contributed by atoms with E-state index in [1.54, 1.807) is 12.3 Å². The summed E-state index contributed by atoms with van der Waals surface area (Å²) in [6, 6.07) is 1.54. The van der Waals surface area contributed by atoms with Crippen LogP contribution in [0.25, 0.3) is 11.0 Å². The molecule has 0 aromatic carbocycles. The zero-order chi connectivity index (χ0) is 22.9. The van der Waals surface area contributed by atoms with Gasteiger partial charge in [-0.25, -0.2) is 14.8 Å². The second kappa shape index (κ2) is 9.02. The van der Waals surface area contributed by atoms with Crippen LogP contribution in [0.4, 0.5) is 5.00 Å². The molecule has 3 N–H and O–H groups in total. The van der Waals surface area contributed by atoms with Crippen molar-refractivity contribution in [3.05, 3.63) is 43.7 Å². The third kappa shape index (κ3) is 4.69. The van der Waals surface area contributed by atoms with Crippen LogP contribution in [-0.2, 0) is 18.4 Å². The van der Waals surface area contributed by atoms with Crippen molar-refractivity contribution in [2.24, 2.45) is 18.7 Å². The SMILES string of the molecule is Cc1nc(SCC(=O)Nc2sccc2C(N)=O)c2c(=O)n(C)c(=O)n(CC(C)C)c2n1. The first kappa shape index (κ1) is 22.7. The fourth-order valence-electron chi connectivity index (χ4n) is 2.97. The predicted octanol–water partition coefficient (Wildman–Crippen LogP) is 1.35. The number of hydrogen-bond donors (Lipinski definition) is 2. The third-order valence-corrected chi connectivity index (χ3v) is 6.14.